The van der Waals surface area contributed by atoms with E-state index in [-0.39, 0.29) is 25.1 Å². The quantitative estimate of drug-likeness (QED) is 0.729. The summed E-state index contributed by atoms with van der Waals surface area (Å²) in [6.45, 7) is 3.73. The smallest absolute Gasteiger partial charge is 0.338 e. The number of amides is 3. The van der Waals surface area contributed by atoms with Crippen molar-refractivity contribution in [1.82, 2.24) is 15.5 Å². The lowest BCUT2D eigenvalue weighted by molar-refractivity contribution is -0.136. The predicted octanol–water partition coefficient (Wildman–Crippen LogP) is 2.98. The first-order valence-electron chi connectivity index (χ1n) is 10.8. The molecule has 7 nitrogen and oxygen atoms in total. The maximum atomic E-state index is 13.0. The topological polar surface area (TPSA) is 87.7 Å². The van der Waals surface area contributed by atoms with E-state index >= 15 is 0 Å². The van der Waals surface area contributed by atoms with Crippen LogP contribution in [0.25, 0.3) is 0 Å². The van der Waals surface area contributed by atoms with Crippen LogP contribution in [-0.4, -0.2) is 36.0 Å². The Bertz CT molecular complexity index is 1170. The standard InChI is InChI=1S/C25H25N3O4/c1-14-7-8-15(2)18(11-14)23-22-20(13-32-24(22)30)28(25(31)27-23)12-21(29)26-19-10-9-16-5-3-4-6-17(16)19/h3-8,11,19,23H,9-10,12-13H2,1-2H3,(H,26,29)(H,27,31). The van der Waals surface area contributed by atoms with Crippen LogP contribution in [0, 0.1) is 13.8 Å². The minimum absolute atomic E-state index is 0.0114. The van der Waals surface area contributed by atoms with Gasteiger partial charge in [0.15, 0.2) is 0 Å². The summed E-state index contributed by atoms with van der Waals surface area (Å²) in [4.78, 5) is 39.8. The normalized spacial score (nSPS) is 21.8. The summed E-state index contributed by atoms with van der Waals surface area (Å²) in [7, 11) is 0. The van der Waals surface area contributed by atoms with Gasteiger partial charge < -0.3 is 15.4 Å². The van der Waals surface area contributed by atoms with Gasteiger partial charge >= 0.3 is 12.0 Å². The number of aryl methyl sites for hydroxylation is 3. The molecule has 2 aliphatic heterocycles. The molecule has 0 fully saturated rings. The number of fused-ring (bicyclic) bond motifs is 1. The monoisotopic (exact) mass is 431 g/mol. The summed E-state index contributed by atoms with van der Waals surface area (Å²) < 4.78 is 5.28. The zero-order chi connectivity index (χ0) is 22.4. The predicted molar refractivity (Wildman–Crippen MR) is 118 cm³/mol. The van der Waals surface area contributed by atoms with Crippen molar-refractivity contribution in [3.8, 4) is 0 Å². The van der Waals surface area contributed by atoms with Gasteiger partial charge in [-0.1, -0.05) is 48.0 Å². The summed E-state index contributed by atoms with van der Waals surface area (Å²) in [6, 6.07) is 12.9. The van der Waals surface area contributed by atoms with Crippen LogP contribution in [0.15, 0.2) is 53.7 Å². The number of nitrogens with zero attached hydrogens (tertiary/aromatic N) is 1. The second-order valence-corrected chi connectivity index (χ2v) is 8.62. The van der Waals surface area contributed by atoms with E-state index in [1.165, 1.54) is 10.5 Å². The van der Waals surface area contributed by atoms with Crippen LogP contribution in [-0.2, 0) is 20.7 Å². The van der Waals surface area contributed by atoms with Crippen LogP contribution in [0.5, 0.6) is 0 Å². The van der Waals surface area contributed by atoms with E-state index in [1.54, 1.807) is 0 Å². The molecule has 0 saturated carbocycles. The van der Waals surface area contributed by atoms with Crippen LogP contribution in [0.3, 0.4) is 0 Å². The third kappa shape index (κ3) is 3.43. The number of nitrogens with one attached hydrogen (secondary N) is 2. The van der Waals surface area contributed by atoms with Gasteiger partial charge in [-0.15, -0.1) is 0 Å². The zero-order valence-electron chi connectivity index (χ0n) is 18.1. The molecule has 1 aliphatic carbocycles. The number of rotatable bonds is 4. The number of carbonyl (C=O) groups is 3. The van der Waals surface area contributed by atoms with E-state index in [2.05, 4.69) is 16.7 Å². The van der Waals surface area contributed by atoms with Gasteiger partial charge in [0.2, 0.25) is 5.91 Å². The highest BCUT2D eigenvalue weighted by Gasteiger charge is 2.43. The fourth-order valence-electron chi connectivity index (χ4n) is 4.87. The van der Waals surface area contributed by atoms with Crippen molar-refractivity contribution >= 4 is 17.9 Å². The van der Waals surface area contributed by atoms with E-state index in [1.807, 2.05) is 50.2 Å². The number of cyclic esters (lactones) is 1. The minimum atomic E-state index is -0.589. The Labute approximate surface area is 186 Å². The van der Waals surface area contributed by atoms with Gasteiger partial charge in [-0.2, -0.15) is 0 Å². The van der Waals surface area contributed by atoms with Crippen LogP contribution < -0.4 is 10.6 Å². The molecule has 3 amide bonds. The summed E-state index contributed by atoms with van der Waals surface area (Å²) in [5, 5.41) is 5.96. The second kappa shape index (κ2) is 7.82. The Hall–Kier alpha value is -3.61. The Morgan fingerprint density at radius 3 is 2.81 bits per heavy atom. The Morgan fingerprint density at radius 1 is 1.16 bits per heavy atom. The first-order valence-corrected chi connectivity index (χ1v) is 10.8. The molecule has 2 unspecified atom stereocenters. The van der Waals surface area contributed by atoms with Gasteiger partial charge in [0.05, 0.1) is 23.4 Å². The first kappa shape index (κ1) is 20.3. The summed E-state index contributed by atoms with van der Waals surface area (Å²) in [5.41, 5.74) is 6.09. The molecule has 2 atom stereocenters. The molecular weight excluding hydrogens is 406 g/mol. The molecule has 7 heteroatoms. The first-order chi connectivity index (χ1) is 15.4. The average molecular weight is 431 g/mol. The third-order valence-corrected chi connectivity index (χ3v) is 6.51. The molecule has 32 heavy (non-hydrogen) atoms. The molecule has 2 aromatic rings. The van der Waals surface area contributed by atoms with Crippen molar-refractivity contribution in [2.45, 2.75) is 38.8 Å². The van der Waals surface area contributed by atoms with Crippen molar-refractivity contribution in [1.29, 1.82) is 0 Å². The largest absolute Gasteiger partial charge is 0.456 e. The van der Waals surface area contributed by atoms with Crippen molar-refractivity contribution in [2.75, 3.05) is 13.2 Å². The lowest BCUT2D eigenvalue weighted by Crippen LogP contribution is -2.50. The van der Waals surface area contributed by atoms with Crippen LogP contribution in [0.2, 0.25) is 0 Å². The van der Waals surface area contributed by atoms with Gasteiger partial charge in [0, 0.05) is 0 Å². The van der Waals surface area contributed by atoms with E-state index in [9.17, 15) is 14.4 Å². The molecule has 3 aliphatic rings. The van der Waals surface area contributed by atoms with Crippen LogP contribution in [0.4, 0.5) is 4.79 Å². The lowest BCUT2D eigenvalue weighted by Gasteiger charge is -2.33. The molecule has 0 aromatic heterocycles. The van der Waals surface area contributed by atoms with Gasteiger partial charge in [-0.3, -0.25) is 9.69 Å². The molecule has 0 radical (unpaired) electrons. The van der Waals surface area contributed by atoms with E-state index < -0.39 is 18.0 Å². The molecule has 5 rings (SSSR count). The Balaban J connectivity index is 1.39. The van der Waals surface area contributed by atoms with Crippen molar-refractivity contribution < 1.29 is 19.1 Å². The summed E-state index contributed by atoms with van der Waals surface area (Å²) in [6.07, 6.45) is 1.75. The summed E-state index contributed by atoms with van der Waals surface area (Å²) >= 11 is 0. The number of benzene rings is 2. The van der Waals surface area contributed by atoms with E-state index in [0.29, 0.717) is 11.3 Å². The van der Waals surface area contributed by atoms with Gasteiger partial charge in [-0.25, -0.2) is 9.59 Å². The van der Waals surface area contributed by atoms with E-state index in [4.69, 9.17) is 4.74 Å². The fourth-order valence-corrected chi connectivity index (χ4v) is 4.87. The number of hydrogen-bond acceptors (Lipinski definition) is 4. The van der Waals surface area contributed by atoms with Gasteiger partial charge in [0.25, 0.3) is 0 Å². The Kier molecular flexibility index (Phi) is 4.96. The highest BCUT2D eigenvalue weighted by Crippen LogP contribution is 2.36. The minimum Gasteiger partial charge on any atom is -0.456 e. The number of carbonyl (C=O) groups excluding carboxylic acids is 3. The average Bonchev–Trinajstić information content (AvgIpc) is 3.36. The maximum absolute atomic E-state index is 13.0. The number of esters is 1. The summed E-state index contributed by atoms with van der Waals surface area (Å²) in [5.74, 6) is -0.723. The second-order valence-electron chi connectivity index (χ2n) is 8.62. The number of hydrogen-bond donors (Lipinski definition) is 2. The maximum Gasteiger partial charge on any atom is 0.338 e. The van der Waals surface area contributed by atoms with Crippen molar-refractivity contribution in [3.63, 3.8) is 0 Å². The molecule has 2 heterocycles. The molecule has 0 spiro atoms. The van der Waals surface area contributed by atoms with Crippen LogP contribution >= 0.6 is 0 Å². The van der Waals surface area contributed by atoms with Gasteiger partial charge in [0.1, 0.15) is 13.2 Å². The molecule has 2 aromatic carbocycles. The SMILES string of the molecule is Cc1ccc(C)c(C2NC(=O)N(CC(=O)NC3CCc4ccccc43)C3=C2C(=O)OC3)c1. The van der Waals surface area contributed by atoms with Crippen molar-refractivity contribution in [3.05, 3.63) is 81.6 Å². The van der Waals surface area contributed by atoms with E-state index in [0.717, 1.165) is 35.1 Å². The molecule has 164 valence electrons. The molecule has 0 bridgehead atoms. The third-order valence-electron chi connectivity index (χ3n) is 6.51. The highest BCUT2D eigenvalue weighted by atomic mass is 16.5. The molecular formula is C25H25N3O4. The van der Waals surface area contributed by atoms with Crippen molar-refractivity contribution in [2.24, 2.45) is 0 Å². The fraction of sp³-hybridized carbons (Fsp3) is 0.320. The number of ether oxygens (including phenoxy) is 1. The Morgan fingerprint density at radius 2 is 1.97 bits per heavy atom. The molecule has 2 N–H and O–H groups in total. The zero-order valence-corrected chi connectivity index (χ0v) is 18.1. The van der Waals surface area contributed by atoms with Crippen LogP contribution in [0.1, 0.15) is 46.3 Å². The lowest BCUT2D eigenvalue weighted by atomic mass is 9.91. The highest BCUT2D eigenvalue weighted by molar-refractivity contribution is 5.98. The molecule has 0 saturated heterocycles. The van der Waals surface area contributed by atoms with Gasteiger partial charge in [-0.05, 0) is 48.9 Å². The number of urea groups is 1.